The van der Waals surface area contributed by atoms with Crippen LogP contribution in [0.3, 0.4) is 0 Å². The molecule has 0 radical (unpaired) electrons. The van der Waals surface area contributed by atoms with Gasteiger partial charge in [-0.1, -0.05) is 0 Å². The second-order valence-corrected chi connectivity index (χ2v) is 5.97. The van der Waals surface area contributed by atoms with Gasteiger partial charge in [0.1, 0.15) is 6.04 Å². The third kappa shape index (κ3) is 2.46. The molecule has 2 aliphatic heterocycles. The predicted molar refractivity (Wildman–Crippen MR) is 81.8 cm³/mol. The van der Waals surface area contributed by atoms with Gasteiger partial charge in [0.15, 0.2) is 0 Å². The summed E-state index contributed by atoms with van der Waals surface area (Å²) in [6.07, 6.45) is 0.827. The second-order valence-electron chi connectivity index (χ2n) is 5.97. The Bertz CT molecular complexity index is 688. The molecule has 0 N–H and O–H groups in total. The Morgan fingerprint density at radius 1 is 1.30 bits per heavy atom. The molecule has 2 aliphatic rings. The molecule has 3 heterocycles. The predicted octanol–water partition coefficient (Wildman–Crippen LogP) is 1.42. The molecule has 7 nitrogen and oxygen atoms in total. The fourth-order valence-electron chi connectivity index (χ4n) is 3.32. The van der Waals surface area contributed by atoms with Crippen LogP contribution in [0.5, 0.6) is 0 Å². The van der Waals surface area contributed by atoms with E-state index in [2.05, 4.69) is 4.98 Å². The fourth-order valence-corrected chi connectivity index (χ4v) is 3.32. The summed E-state index contributed by atoms with van der Waals surface area (Å²) in [4.78, 5) is 44.1. The molecular formula is C16H19N3O4. The van der Waals surface area contributed by atoms with Gasteiger partial charge in [-0.2, -0.15) is 0 Å². The van der Waals surface area contributed by atoms with Gasteiger partial charge in [-0.25, -0.2) is 9.69 Å². The highest BCUT2D eigenvalue weighted by Crippen LogP contribution is 2.34. The number of rotatable bonds is 2. The van der Waals surface area contributed by atoms with Gasteiger partial charge in [-0.05, 0) is 38.8 Å². The average molecular weight is 317 g/mol. The maximum atomic E-state index is 12.7. The van der Waals surface area contributed by atoms with Crippen molar-refractivity contribution in [3.8, 4) is 0 Å². The highest BCUT2D eigenvalue weighted by molar-refractivity contribution is 6.21. The van der Waals surface area contributed by atoms with Crippen LogP contribution >= 0.6 is 0 Å². The Hall–Kier alpha value is -2.44. The molecule has 7 heteroatoms. The van der Waals surface area contributed by atoms with Crippen molar-refractivity contribution in [2.45, 2.75) is 32.7 Å². The first kappa shape index (κ1) is 15.5. The Balaban J connectivity index is 1.90. The average Bonchev–Trinajstić information content (AvgIpc) is 2.78. The van der Waals surface area contributed by atoms with Crippen molar-refractivity contribution >= 4 is 23.6 Å². The fraction of sp³-hybridized carbons (Fsp3) is 0.500. The van der Waals surface area contributed by atoms with Crippen molar-refractivity contribution in [1.82, 2.24) is 9.88 Å². The zero-order valence-corrected chi connectivity index (χ0v) is 13.4. The van der Waals surface area contributed by atoms with E-state index in [9.17, 15) is 14.4 Å². The minimum Gasteiger partial charge on any atom is -0.469 e. The van der Waals surface area contributed by atoms with Crippen molar-refractivity contribution < 1.29 is 19.1 Å². The van der Waals surface area contributed by atoms with E-state index >= 15 is 0 Å². The summed E-state index contributed by atoms with van der Waals surface area (Å²) in [7, 11) is 1.34. The highest BCUT2D eigenvalue weighted by atomic mass is 16.5. The van der Waals surface area contributed by atoms with E-state index in [4.69, 9.17) is 4.74 Å². The van der Waals surface area contributed by atoms with Gasteiger partial charge in [0, 0.05) is 12.2 Å². The lowest BCUT2D eigenvalue weighted by Gasteiger charge is -2.30. The van der Waals surface area contributed by atoms with Crippen LogP contribution in [0, 0.1) is 19.8 Å². The molecule has 2 saturated heterocycles. The van der Waals surface area contributed by atoms with Crippen LogP contribution in [0.2, 0.25) is 0 Å². The van der Waals surface area contributed by atoms with Gasteiger partial charge < -0.3 is 9.64 Å². The summed E-state index contributed by atoms with van der Waals surface area (Å²) < 4.78 is 4.77. The highest BCUT2D eigenvalue weighted by Gasteiger charge is 2.50. The number of aromatic nitrogens is 1. The van der Waals surface area contributed by atoms with Crippen molar-refractivity contribution in [3.63, 3.8) is 0 Å². The van der Waals surface area contributed by atoms with Crippen LogP contribution in [-0.4, -0.2) is 47.5 Å². The van der Waals surface area contributed by atoms with E-state index in [1.165, 1.54) is 12.0 Å². The van der Waals surface area contributed by atoms with E-state index in [1.807, 2.05) is 6.92 Å². The van der Waals surface area contributed by atoms with Crippen LogP contribution in [-0.2, 0) is 14.3 Å². The first-order valence-electron chi connectivity index (χ1n) is 7.60. The smallest absolute Gasteiger partial charge is 0.332 e. The molecule has 1 aromatic heterocycles. The monoisotopic (exact) mass is 317 g/mol. The first-order valence-corrected chi connectivity index (χ1v) is 7.60. The Labute approximate surface area is 134 Å². The molecule has 1 aromatic rings. The molecule has 3 rings (SSSR count). The molecule has 0 bridgehead atoms. The number of carbonyl (C=O) groups excluding carboxylic acids is 3. The summed E-state index contributed by atoms with van der Waals surface area (Å²) in [5.41, 5.74) is 1.97. The number of ether oxygens (including phenoxy) is 1. The van der Waals surface area contributed by atoms with Crippen molar-refractivity contribution in [3.05, 3.63) is 23.5 Å². The van der Waals surface area contributed by atoms with E-state index in [0.717, 1.165) is 5.69 Å². The number of carbonyl (C=O) groups is 3. The number of aryl methyl sites for hydroxylation is 2. The number of esters is 1. The molecule has 0 spiro atoms. The van der Waals surface area contributed by atoms with E-state index in [0.29, 0.717) is 30.8 Å². The summed E-state index contributed by atoms with van der Waals surface area (Å²) >= 11 is 0. The first-order chi connectivity index (χ1) is 10.9. The topological polar surface area (TPSA) is 79.8 Å². The molecule has 0 aromatic carbocycles. The van der Waals surface area contributed by atoms with Crippen LogP contribution in [0.1, 0.15) is 24.2 Å². The number of fused-ring (bicyclic) bond motifs is 1. The summed E-state index contributed by atoms with van der Waals surface area (Å²) in [5.74, 6) is -0.955. The zero-order chi connectivity index (χ0) is 16.7. The molecule has 2 atom stereocenters. The maximum Gasteiger partial charge on any atom is 0.332 e. The summed E-state index contributed by atoms with van der Waals surface area (Å²) in [6, 6.07) is 2.58. The normalized spacial score (nSPS) is 24.0. The Morgan fingerprint density at radius 2 is 2.04 bits per heavy atom. The van der Waals surface area contributed by atoms with Crippen LogP contribution in [0.25, 0.3) is 0 Å². The summed E-state index contributed by atoms with van der Waals surface area (Å²) in [6.45, 7) is 4.01. The molecule has 3 amide bonds. The lowest BCUT2D eigenvalue weighted by atomic mass is 9.91. The van der Waals surface area contributed by atoms with Crippen LogP contribution in [0.15, 0.2) is 12.1 Å². The maximum absolute atomic E-state index is 12.7. The molecule has 0 saturated carbocycles. The van der Waals surface area contributed by atoms with Gasteiger partial charge >= 0.3 is 12.0 Å². The number of anilines is 1. The molecule has 2 fully saturated rings. The minimum absolute atomic E-state index is 0.294. The quantitative estimate of drug-likeness (QED) is 0.609. The molecule has 23 heavy (non-hydrogen) atoms. The van der Waals surface area contributed by atoms with Crippen molar-refractivity contribution in [2.75, 3.05) is 18.6 Å². The standard InChI is InChI=1S/C16H19N3O4/c1-9-4-5-12(10(2)17-9)19-14(20)13-8-11(15(21)23-3)6-7-18(13)16(19)22/h4-5,11,13H,6-8H2,1-3H3. The van der Waals surface area contributed by atoms with Crippen molar-refractivity contribution in [2.24, 2.45) is 5.92 Å². The molecular weight excluding hydrogens is 298 g/mol. The number of nitrogens with zero attached hydrogens (tertiary/aromatic N) is 3. The Morgan fingerprint density at radius 3 is 2.70 bits per heavy atom. The van der Waals surface area contributed by atoms with Gasteiger partial charge in [-0.3, -0.25) is 14.6 Å². The minimum atomic E-state index is -0.596. The van der Waals surface area contributed by atoms with Crippen molar-refractivity contribution in [1.29, 1.82) is 0 Å². The van der Waals surface area contributed by atoms with Crippen LogP contribution in [0.4, 0.5) is 10.5 Å². The van der Waals surface area contributed by atoms with Gasteiger partial charge in [0.05, 0.1) is 24.4 Å². The van der Waals surface area contributed by atoms with Gasteiger partial charge in [0.2, 0.25) is 0 Å². The number of hydrogen-bond acceptors (Lipinski definition) is 5. The SMILES string of the molecule is COC(=O)C1CCN2C(=O)N(c3ccc(C)nc3C)C(=O)C2C1. The number of piperidine rings is 1. The van der Waals surface area contributed by atoms with Gasteiger partial charge in [-0.15, -0.1) is 0 Å². The molecule has 2 unspecified atom stereocenters. The second kappa shape index (κ2) is 5.64. The van der Waals surface area contributed by atoms with Crippen LogP contribution < -0.4 is 4.90 Å². The number of pyridine rings is 1. The van der Waals surface area contributed by atoms with Gasteiger partial charge in [0.25, 0.3) is 5.91 Å². The number of hydrogen-bond donors (Lipinski definition) is 0. The zero-order valence-electron chi connectivity index (χ0n) is 13.4. The number of urea groups is 1. The number of amides is 3. The largest absolute Gasteiger partial charge is 0.469 e. The number of methoxy groups -OCH3 is 1. The lowest BCUT2D eigenvalue weighted by Crippen LogP contribution is -2.44. The van der Waals surface area contributed by atoms with E-state index in [-0.39, 0.29) is 23.8 Å². The number of imide groups is 1. The van der Waals surface area contributed by atoms with E-state index in [1.54, 1.807) is 24.0 Å². The molecule has 0 aliphatic carbocycles. The summed E-state index contributed by atoms with van der Waals surface area (Å²) in [5, 5.41) is 0. The lowest BCUT2D eigenvalue weighted by molar-refractivity contribution is -0.147. The third-order valence-electron chi connectivity index (χ3n) is 4.52. The van der Waals surface area contributed by atoms with E-state index < -0.39 is 6.04 Å². The Kier molecular flexibility index (Phi) is 3.79. The molecule has 122 valence electrons. The third-order valence-corrected chi connectivity index (χ3v) is 4.52.